The molecule has 20 heavy (non-hydrogen) atoms. The van der Waals surface area contributed by atoms with Crippen molar-refractivity contribution in [2.24, 2.45) is 5.41 Å². The van der Waals surface area contributed by atoms with E-state index in [1.54, 1.807) is 45.2 Å². The number of benzene rings is 1. The maximum absolute atomic E-state index is 12.0. The fourth-order valence-corrected chi connectivity index (χ4v) is 2.02. The second kappa shape index (κ2) is 6.93. The Kier molecular flexibility index (Phi) is 5.55. The first kappa shape index (κ1) is 16.0. The standard InChI is InChI=1S/C15H20O5/c1-4-15(13(16)17,14(18)20-5-2)10-11-6-8-12(19-3)9-7-11/h6-9H,4-5,10H2,1-3H3,(H,16,17). The Morgan fingerprint density at radius 3 is 2.20 bits per heavy atom. The number of methoxy groups -OCH3 is 1. The van der Waals surface area contributed by atoms with E-state index in [1.165, 1.54) is 0 Å². The molecule has 1 rings (SSSR count). The summed E-state index contributed by atoms with van der Waals surface area (Å²) in [6, 6.07) is 6.99. The van der Waals surface area contributed by atoms with Crippen LogP contribution >= 0.6 is 0 Å². The van der Waals surface area contributed by atoms with Gasteiger partial charge in [0.25, 0.3) is 0 Å². The zero-order chi connectivity index (χ0) is 15.2. The highest BCUT2D eigenvalue weighted by molar-refractivity contribution is 5.99. The van der Waals surface area contributed by atoms with Gasteiger partial charge in [-0.1, -0.05) is 19.1 Å². The van der Waals surface area contributed by atoms with Gasteiger partial charge in [0.15, 0.2) is 5.41 Å². The highest BCUT2D eigenvalue weighted by Gasteiger charge is 2.46. The number of rotatable bonds is 7. The first-order valence-corrected chi connectivity index (χ1v) is 6.53. The lowest BCUT2D eigenvalue weighted by Crippen LogP contribution is -2.42. The van der Waals surface area contributed by atoms with Gasteiger partial charge in [0.1, 0.15) is 5.75 Å². The number of hydrogen-bond donors (Lipinski definition) is 1. The molecule has 0 aliphatic heterocycles. The third-order valence-corrected chi connectivity index (χ3v) is 3.34. The average Bonchev–Trinajstić information content (AvgIpc) is 2.45. The number of aliphatic carboxylic acids is 1. The van der Waals surface area contributed by atoms with Gasteiger partial charge in [-0.05, 0) is 37.5 Å². The summed E-state index contributed by atoms with van der Waals surface area (Å²) in [5.74, 6) is -1.16. The number of carboxylic acid groups (broad SMARTS) is 1. The van der Waals surface area contributed by atoms with E-state index in [2.05, 4.69) is 0 Å². The Balaban J connectivity index is 3.05. The van der Waals surface area contributed by atoms with E-state index in [9.17, 15) is 14.7 Å². The van der Waals surface area contributed by atoms with Crippen molar-refractivity contribution in [2.45, 2.75) is 26.7 Å². The summed E-state index contributed by atoms with van der Waals surface area (Å²) in [4.78, 5) is 23.6. The summed E-state index contributed by atoms with van der Waals surface area (Å²) in [5.41, 5.74) is -0.784. The van der Waals surface area contributed by atoms with Gasteiger partial charge >= 0.3 is 11.9 Å². The number of carboxylic acids is 1. The molecule has 0 saturated heterocycles. The molecule has 0 fully saturated rings. The van der Waals surface area contributed by atoms with Crippen LogP contribution in [0.1, 0.15) is 25.8 Å². The molecule has 0 amide bonds. The van der Waals surface area contributed by atoms with Crippen molar-refractivity contribution in [3.63, 3.8) is 0 Å². The molecular weight excluding hydrogens is 260 g/mol. The van der Waals surface area contributed by atoms with Crippen LogP contribution in [0.25, 0.3) is 0 Å². The van der Waals surface area contributed by atoms with Crippen molar-refractivity contribution >= 4 is 11.9 Å². The van der Waals surface area contributed by atoms with Crippen LogP contribution < -0.4 is 4.74 Å². The molecule has 1 aromatic rings. The number of carbonyl (C=O) groups excluding carboxylic acids is 1. The maximum atomic E-state index is 12.0. The van der Waals surface area contributed by atoms with Crippen molar-refractivity contribution in [3.05, 3.63) is 29.8 Å². The van der Waals surface area contributed by atoms with Gasteiger partial charge in [0.05, 0.1) is 13.7 Å². The molecule has 0 bridgehead atoms. The molecule has 0 spiro atoms. The maximum Gasteiger partial charge on any atom is 0.323 e. The first-order chi connectivity index (χ1) is 9.50. The van der Waals surface area contributed by atoms with E-state index in [0.29, 0.717) is 5.75 Å². The number of esters is 1. The molecule has 0 aliphatic carbocycles. The molecule has 1 aromatic carbocycles. The molecule has 1 N–H and O–H groups in total. The Morgan fingerprint density at radius 1 is 1.20 bits per heavy atom. The van der Waals surface area contributed by atoms with E-state index < -0.39 is 17.4 Å². The van der Waals surface area contributed by atoms with Crippen LogP contribution in [0.4, 0.5) is 0 Å². The van der Waals surface area contributed by atoms with Gasteiger partial charge in [-0.3, -0.25) is 9.59 Å². The van der Waals surface area contributed by atoms with E-state index in [1.807, 2.05) is 0 Å². The highest BCUT2D eigenvalue weighted by atomic mass is 16.5. The topological polar surface area (TPSA) is 72.8 Å². The van der Waals surface area contributed by atoms with Gasteiger partial charge in [-0.15, -0.1) is 0 Å². The van der Waals surface area contributed by atoms with Gasteiger partial charge in [0.2, 0.25) is 0 Å². The van der Waals surface area contributed by atoms with Gasteiger partial charge in [-0.25, -0.2) is 0 Å². The fourth-order valence-electron chi connectivity index (χ4n) is 2.02. The van der Waals surface area contributed by atoms with Crippen LogP contribution in [-0.4, -0.2) is 30.8 Å². The summed E-state index contributed by atoms with van der Waals surface area (Å²) in [5, 5.41) is 9.46. The summed E-state index contributed by atoms with van der Waals surface area (Å²) < 4.78 is 9.98. The van der Waals surface area contributed by atoms with Crippen LogP contribution in [-0.2, 0) is 20.7 Å². The zero-order valence-corrected chi connectivity index (χ0v) is 12.0. The highest BCUT2D eigenvalue weighted by Crippen LogP contribution is 2.30. The molecule has 1 unspecified atom stereocenters. The predicted molar refractivity (Wildman–Crippen MR) is 73.7 cm³/mol. The van der Waals surface area contributed by atoms with Crippen LogP contribution in [0, 0.1) is 5.41 Å². The quantitative estimate of drug-likeness (QED) is 0.612. The van der Waals surface area contributed by atoms with E-state index in [0.717, 1.165) is 5.56 Å². The lowest BCUT2D eigenvalue weighted by Gasteiger charge is -2.25. The van der Waals surface area contributed by atoms with Gasteiger partial charge in [0, 0.05) is 0 Å². The van der Waals surface area contributed by atoms with E-state index >= 15 is 0 Å². The Hall–Kier alpha value is -2.04. The number of ether oxygens (including phenoxy) is 2. The average molecular weight is 280 g/mol. The zero-order valence-electron chi connectivity index (χ0n) is 12.0. The summed E-state index contributed by atoms with van der Waals surface area (Å²) >= 11 is 0. The van der Waals surface area contributed by atoms with Crippen LogP contribution in [0.5, 0.6) is 5.75 Å². The Bertz CT molecular complexity index is 466. The Labute approximate surface area is 118 Å². The van der Waals surface area contributed by atoms with E-state index in [-0.39, 0.29) is 19.4 Å². The third-order valence-electron chi connectivity index (χ3n) is 3.34. The smallest absolute Gasteiger partial charge is 0.323 e. The molecule has 0 radical (unpaired) electrons. The van der Waals surface area contributed by atoms with Gasteiger partial charge in [-0.2, -0.15) is 0 Å². The van der Waals surface area contributed by atoms with Gasteiger partial charge < -0.3 is 14.6 Å². The molecule has 0 aromatic heterocycles. The molecule has 5 heteroatoms. The normalized spacial score (nSPS) is 13.3. The number of hydrogen-bond acceptors (Lipinski definition) is 4. The Morgan fingerprint density at radius 2 is 1.80 bits per heavy atom. The minimum Gasteiger partial charge on any atom is -0.497 e. The van der Waals surface area contributed by atoms with Crippen LogP contribution in [0.3, 0.4) is 0 Å². The largest absolute Gasteiger partial charge is 0.497 e. The molecular formula is C15H20O5. The second-order valence-electron chi connectivity index (χ2n) is 4.49. The third kappa shape index (κ3) is 3.29. The lowest BCUT2D eigenvalue weighted by atomic mass is 9.79. The molecule has 0 heterocycles. The van der Waals surface area contributed by atoms with Crippen LogP contribution in [0.15, 0.2) is 24.3 Å². The van der Waals surface area contributed by atoms with Crippen molar-refractivity contribution in [1.29, 1.82) is 0 Å². The first-order valence-electron chi connectivity index (χ1n) is 6.53. The monoisotopic (exact) mass is 280 g/mol. The summed E-state index contributed by atoms with van der Waals surface area (Å²) in [7, 11) is 1.56. The molecule has 0 saturated carbocycles. The molecule has 110 valence electrons. The SMILES string of the molecule is CCOC(=O)C(CC)(Cc1ccc(OC)cc1)C(=O)O. The predicted octanol–water partition coefficient (Wildman–Crippen LogP) is 2.28. The molecule has 5 nitrogen and oxygen atoms in total. The van der Waals surface area contributed by atoms with Crippen molar-refractivity contribution in [2.75, 3.05) is 13.7 Å². The van der Waals surface area contributed by atoms with E-state index in [4.69, 9.17) is 9.47 Å². The van der Waals surface area contributed by atoms with Crippen molar-refractivity contribution in [1.82, 2.24) is 0 Å². The van der Waals surface area contributed by atoms with Crippen molar-refractivity contribution in [3.8, 4) is 5.75 Å². The van der Waals surface area contributed by atoms with Crippen molar-refractivity contribution < 1.29 is 24.2 Å². The summed E-state index contributed by atoms with van der Waals surface area (Å²) in [6.45, 7) is 3.50. The minimum atomic E-state index is -1.54. The minimum absolute atomic E-state index is 0.0989. The molecule has 0 aliphatic rings. The summed E-state index contributed by atoms with van der Waals surface area (Å²) in [6.07, 6.45) is 0.273. The van der Waals surface area contributed by atoms with Crippen LogP contribution in [0.2, 0.25) is 0 Å². The fraction of sp³-hybridized carbons (Fsp3) is 0.467. The lowest BCUT2D eigenvalue weighted by molar-refractivity contribution is -0.168. The second-order valence-corrected chi connectivity index (χ2v) is 4.49. The molecule has 1 atom stereocenters. The number of carbonyl (C=O) groups is 2.